The maximum atomic E-state index is 11.9. The molecule has 0 saturated carbocycles. The lowest BCUT2D eigenvalue weighted by Crippen LogP contribution is -2.37. The Labute approximate surface area is 136 Å². The molecule has 122 valence electrons. The van der Waals surface area contributed by atoms with Crippen molar-refractivity contribution in [3.63, 3.8) is 0 Å². The SMILES string of the molecule is CN(CCc1ccc2c(c1)S(=O)CN2)CCN1CCCCC1. The lowest BCUT2D eigenvalue weighted by Gasteiger charge is -2.28. The summed E-state index contributed by atoms with van der Waals surface area (Å²) in [5.41, 5.74) is 2.33. The van der Waals surface area contributed by atoms with Crippen molar-refractivity contribution in [3.8, 4) is 0 Å². The Morgan fingerprint density at radius 3 is 2.86 bits per heavy atom. The summed E-state index contributed by atoms with van der Waals surface area (Å²) in [6.07, 6.45) is 5.16. The van der Waals surface area contributed by atoms with Gasteiger partial charge in [0.1, 0.15) is 0 Å². The fourth-order valence-corrected chi connectivity index (χ4v) is 4.32. The zero-order chi connectivity index (χ0) is 15.4. The van der Waals surface area contributed by atoms with Gasteiger partial charge in [-0.3, -0.25) is 4.21 Å². The summed E-state index contributed by atoms with van der Waals surface area (Å²) in [6.45, 7) is 5.94. The van der Waals surface area contributed by atoms with Crippen LogP contribution in [0.1, 0.15) is 24.8 Å². The van der Waals surface area contributed by atoms with E-state index in [2.05, 4.69) is 40.4 Å². The molecule has 2 heterocycles. The van der Waals surface area contributed by atoms with Crippen molar-refractivity contribution in [1.82, 2.24) is 9.80 Å². The minimum atomic E-state index is -0.861. The molecular weight excluding hydrogens is 294 g/mol. The molecule has 1 atom stereocenters. The molecule has 3 rings (SSSR count). The molecule has 0 radical (unpaired) electrons. The Bertz CT molecular complexity index is 529. The molecule has 0 amide bonds. The molecule has 5 heteroatoms. The first kappa shape index (κ1) is 16.0. The number of nitrogens with one attached hydrogen (secondary N) is 1. The number of likely N-dealkylation sites (N-methyl/N-ethyl adjacent to an activating group) is 1. The number of fused-ring (bicyclic) bond motifs is 1. The Hall–Kier alpha value is -0.910. The summed E-state index contributed by atoms with van der Waals surface area (Å²) in [4.78, 5) is 5.98. The summed E-state index contributed by atoms with van der Waals surface area (Å²) in [5, 5.41) is 3.18. The van der Waals surface area contributed by atoms with E-state index in [9.17, 15) is 4.21 Å². The van der Waals surface area contributed by atoms with Crippen molar-refractivity contribution in [2.24, 2.45) is 0 Å². The van der Waals surface area contributed by atoms with Crippen LogP contribution in [0.2, 0.25) is 0 Å². The van der Waals surface area contributed by atoms with Gasteiger partial charge in [-0.2, -0.15) is 0 Å². The van der Waals surface area contributed by atoms with Crippen LogP contribution in [-0.2, 0) is 17.2 Å². The van der Waals surface area contributed by atoms with Crippen LogP contribution in [0.4, 0.5) is 5.69 Å². The third-order valence-electron chi connectivity index (χ3n) is 4.71. The zero-order valence-corrected chi connectivity index (χ0v) is 14.3. The highest BCUT2D eigenvalue weighted by atomic mass is 32.2. The van der Waals surface area contributed by atoms with E-state index in [1.165, 1.54) is 44.5 Å². The van der Waals surface area contributed by atoms with Crippen molar-refractivity contribution in [1.29, 1.82) is 0 Å². The third kappa shape index (κ3) is 4.09. The summed E-state index contributed by atoms with van der Waals surface area (Å²) < 4.78 is 11.9. The van der Waals surface area contributed by atoms with E-state index in [4.69, 9.17) is 0 Å². The van der Waals surface area contributed by atoms with Crippen LogP contribution in [0, 0.1) is 0 Å². The second kappa shape index (κ2) is 7.57. The molecule has 1 unspecified atom stereocenters. The van der Waals surface area contributed by atoms with Gasteiger partial charge in [0.15, 0.2) is 0 Å². The van der Waals surface area contributed by atoms with E-state index < -0.39 is 10.8 Å². The highest BCUT2D eigenvalue weighted by molar-refractivity contribution is 7.85. The largest absolute Gasteiger partial charge is 0.372 e. The Morgan fingerprint density at radius 2 is 2.05 bits per heavy atom. The lowest BCUT2D eigenvalue weighted by molar-refractivity contribution is 0.197. The monoisotopic (exact) mass is 321 g/mol. The van der Waals surface area contributed by atoms with E-state index in [0.717, 1.165) is 30.1 Å². The molecule has 4 nitrogen and oxygen atoms in total. The third-order valence-corrected chi connectivity index (χ3v) is 5.95. The Kier molecular flexibility index (Phi) is 5.50. The van der Waals surface area contributed by atoms with E-state index in [1.54, 1.807) is 0 Å². The van der Waals surface area contributed by atoms with Crippen LogP contribution in [0.15, 0.2) is 23.1 Å². The first-order chi connectivity index (χ1) is 10.7. The molecule has 1 saturated heterocycles. The van der Waals surface area contributed by atoms with Gasteiger partial charge in [0, 0.05) is 19.6 Å². The first-order valence-corrected chi connectivity index (χ1v) is 9.70. The number of anilines is 1. The minimum Gasteiger partial charge on any atom is -0.372 e. The van der Waals surface area contributed by atoms with Gasteiger partial charge in [-0.25, -0.2) is 0 Å². The first-order valence-electron chi connectivity index (χ1n) is 8.38. The van der Waals surface area contributed by atoms with Crippen LogP contribution in [-0.4, -0.2) is 59.7 Å². The van der Waals surface area contributed by atoms with Crippen LogP contribution < -0.4 is 5.32 Å². The molecule has 2 aliphatic rings. The highest BCUT2D eigenvalue weighted by Crippen LogP contribution is 2.26. The van der Waals surface area contributed by atoms with Crippen molar-refractivity contribution in [2.75, 3.05) is 51.0 Å². The Balaban J connectivity index is 1.44. The molecule has 1 aromatic rings. The molecule has 0 bridgehead atoms. The fourth-order valence-electron chi connectivity index (χ4n) is 3.20. The van der Waals surface area contributed by atoms with Crippen LogP contribution in [0.25, 0.3) is 0 Å². The average molecular weight is 321 g/mol. The van der Waals surface area contributed by atoms with Crippen molar-refractivity contribution in [3.05, 3.63) is 23.8 Å². The molecule has 0 spiro atoms. The van der Waals surface area contributed by atoms with Gasteiger partial charge in [0.05, 0.1) is 27.3 Å². The maximum Gasteiger partial charge on any atom is 0.0959 e. The maximum absolute atomic E-state index is 11.9. The van der Waals surface area contributed by atoms with Crippen LogP contribution in [0.5, 0.6) is 0 Å². The van der Waals surface area contributed by atoms with Gasteiger partial charge in [-0.05, 0) is 57.1 Å². The van der Waals surface area contributed by atoms with E-state index >= 15 is 0 Å². The fraction of sp³-hybridized carbons (Fsp3) is 0.647. The zero-order valence-electron chi connectivity index (χ0n) is 13.5. The van der Waals surface area contributed by atoms with Crippen LogP contribution in [0.3, 0.4) is 0 Å². The van der Waals surface area contributed by atoms with E-state index in [-0.39, 0.29) is 0 Å². The second-order valence-electron chi connectivity index (χ2n) is 6.45. The number of hydrogen-bond donors (Lipinski definition) is 1. The van der Waals surface area contributed by atoms with E-state index in [1.807, 2.05) is 0 Å². The molecular formula is C17H27N3OS. The number of hydrogen-bond acceptors (Lipinski definition) is 4. The molecule has 2 aliphatic heterocycles. The Morgan fingerprint density at radius 1 is 1.23 bits per heavy atom. The molecule has 1 N–H and O–H groups in total. The van der Waals surface area contributed by atoms with Crippen molar-refractivity contribution >= 4 is 16.5 Å². The van der Waals surface area contributed by atoms with Gasteiger partial charge in [0.25, 0.3) is 0 Å². The lowest BCUT2D eigenvalue weighted by atomic mass is 10.1. The predicted molar refractivity (Wildman–Crippen MR) is 92.8 cm³/mol. The van der Waals surface area contributed by atoms with Gasteiger partial charge in [-0.1, -0.05) is 12.5 Å². The van der Waals surface area contributed by atoms with Crippen molar-refractivity contribution < 1.29 is 4.21 Å². The summed E-state index contributed by atoms with van der Waals surface area (Å²) in [7, 11) is 1.34. The number of nitrogens with zero attached hydrogens (tertiary/aromatic N) is 2. The minimum absolute atomic E-state index is 0.564. The highest BCUT2D eigenvalue weighted by Gasteiger charge is 2.17. The standard InChI is InChI=1S/C17H27N3OS/c1-19(11-12-20-8-3-2-4-9-20)10-7-15-5-6-16-17(13-15)22(21)14-18-16/h5-6,13,18H,2-4,7-12,14H2,1H3. The molecule has 0 aromatic heterocycles. The molecule has 0 aliphatic carbocycles. The van der Waals surface area contributed by atoms with Crippen molar-refractivity contribution in [2.45, 2.75) is 30.6 Å². The van der Waals surface area contributed by atoms with Gasteiger partial charge >= 0.3 is 0 Å². The number of likely N-dealkylation sites (tertiary alicyclic amines) is 1. The predicted octanol–water partition coefficient (Wildman–Crippen LogP) is 2.14. The average Bonchev–Trinajstić information content (AvgIpc) is 2.93. The topological polar surface area (TPSA) is 35.6 Å². The normalized spacial score (nSPS) is 21.8. The quantitative estimate of drug-likeness (QED) is 0.871. The molecule has 22 heavy (non-hydrogen) atoms. The number of benzene rings is 1. The number of piperidine rings is 1. The van der Waals surface area contributed by atoms with Gasteiger partial charge < -0.3 is 15.1 Å². The van der Waals surface area contributed by atoms with Gasteiger partial charge in [0.2, 0.25) is 0 Å². The number of rotatable bonds is 6. The molecule has 1 fully saturated rings. The van der Waals surface area contributed by atoms with E-state index in [0.29, 0.717) is 5.88 Å². The van der Waals surface area contributed by atoms with Gasteiger partial charge in [-0.15, -0.1) is 0 Å². The summed E-state index contributed by atoms with van der Waals surface area (Å²) >= 11 is 0. The second-order valence-corrected chi connectivity index (χ2v) is 7.87. The summed E-state index contributed by atoms with van der Waals surface area (Å²) in [5.74, 6) is 0.564. The van der Waals surface area contributed by atoms with Crippen LogP contribution >= 0.6 is 0 Å². The molecule has 1 aromatic carbocycles. The summed E-state index contributed by atoms with van der Waals surface area (Å²) in [6, 6.07) is 6.35. The smallest absolute Gasteiger partial charge is 0.0959 e.